The summed E-state index contributed by atoms with van der Waals surface area (Å²) in [5.41, 5.74) is 0.514. The molecule has 1 aliphatic heterocycles. The number of benzene rings is 1. The number of methoxy groups -OCH3 is 2. The molecule has 7 heteroatoms. The fourth-order valence-electron chi connectivity index (χ4n) is 2.79. The Hall–Kier alpha value is -1.99. The number of nitrogens with one attached hydrogen (secondary N) is 2. The molecule has 134 valence electrons. The number of piperidine rings is 1. The van der Waals surface area contributed by atoms with Crippen molar-refractivity contribution in [3.8, 4) is 11.5 Å². The second kappa shape index (κ2) is 9.34. The van der Waals surface area contributed by atoms with Gasteiger partial charge < -0.3 is 30.1 Å². The van der Waals surface area contributed by atoms with Gasteiger partial charge in [0.05, 0.1) is 26.0 Å². The molecule has 0 aromatic heterocycles. The molecule has 0 unspecified atom stereocenters. The molecular formula is C17H27N3O4. The number of hydrogen-bond donors (Lipinski definition) is 3. The molecule has 1 aromatic rings. The van der Waals surface area contributed by atoms with Crippen LogP contribution in [0.15, 0.2) is 18.2 Å². The number of hydrogen-bond acceptors (Lipinski definition) is 5. The van der Waals surface area contributed by atoms with Gasteiger partial charge in [-0.1, -0.05) is 6.42 Å². The summed E-state index contributed by atoms with van der Waals surface area (Å²) in [6, 6.07) is 4.77. The number of anilines is 1. The van der Waals surface area contributed by atoms with E-state index in [1.54, 1.807) is 25.3 Å². The van der Waals surface area contributed by atoms with Gasteiger partial charge in [0.2, 0.25) is 0 Å². The van der Waals surface area contributed by atoms with E-state index in [9.17, 15) is 9.90 Å². The number of carbonyl (C=O) groups excluding carboxylic acids is 1. The van der Waals surface area contributed by atoms with Gasteiger partial charge in [-0.05, 0) is 38.1 Å². The minimum atomic E-state index is -0.582. The van der Waals surface area contributed by atoms with Crippen LogP contribution in [0.2, 0.25) is 0 Å². The molecular weight excluding hydrogens is 310 g/mol. The molecule has 2 amide bonds. The molecule has 0 saturated carbocycles. The summed E-state index contributed by atoms with van der Waals surface area (Å²) in [6.07, 6.45) is 3.03. The third-order valence-electron chi connectivity index (χ3n) is 4.07. The smallest absolute Gasteiger partial charge is 0.319 e. The summed E-state index contributed by atoms with van der Waals surface area (Å²) in [5, 5.41) is 15.5. The van der Waals surface area contributed by atoms with Crippen molar-refractivity contribution in [2.75, 3.05) is 45.7 Å². The molecule has 0 aliphatic carbocycles. The standard InChI is InChI=1S/C17H27N3O4/c1-23-14-6-7-16(24-2)15(10-14)19-17(22)18-11-13(21)12-20-8-4-3-5-9-20/h6-7,10,13,21H,3-5,8-9,11-12H2,1-2H3,(H2,18,19,22)/t13-/m1/s1. The van der Waals surface area contributed by atoms with E-state index < -0.39 is 6.10 Å². The molecule has 7 nitrogen and oxygen atoms in total. The van der Waals surface area contributed by atoms with Crippen molar-refractivity contribution in [3.63, 3.8) is 0 Å². The van der Waals surface area contributed by atoms with Crippen LogP contribution in [0.3, 0.4) is 0 Å². The average Bonchev–Trinajstić information content (AvgIpc) is 2.60. The lowest BCUT2D eigenvalue weighted by Crippen LogP contribution is -2.43. The van der Waals surface area contributed by atoms with Crippen LogP contribution >= 0.6 is 0 Å². The quantitative estimate of drug-likeness (QED) is 0.705. The van der Waals surface area contributed by atoms with E-state index in [0.29, 0.717) is 23.7 Å². The number of amides is 2. The van der Waals surface area contributed by atoms with E-state index in [1.807, 2.05) is 0 Å². The van der Waals surface area contributed by atoms with Gasteiger partial charge in [0.15, 0.2) is 0 Å². The summed E-state index contributed by atoms with van der Waals surface area (Å²) < 4.78 is 10.4. The van der Waals surface area contributed by atoms with Gasteiger partial charge in [-0.3, -0.25) is 0 Å². The van der Waals surface area contributed by atoms with E-state index >= 15 is 0 Å². The number of carbonyl (C=O) groups is 1. The summed E-state index contributed by atoms with van der Waals surface area (Å²) in [7, 11) is 3.09. The van der Waals surface area contributed by atoms with Crippen molar-refractivity contribution in [1.82, 2.24) is 10.2 Å². The summed E-state index contributed by atoms with van der Waals surface area (Å²) in [4.78, 5) is 14.3. The molecule has 0 spiro atoms. The predicted octanol–water partition coefficient (Wildman–Crippen LogP) is 1.67. The molecule has 2 rings (SSSR count). The van der Waals surface area contributed by atoms with Gasteiger partial charge in [-0.15, -0.1) is 0 Å². The monoisotopic (exact) mass is 337 g/mol. The highest BCUT2D eigenvalue weighted by molar-refractivity contribution is 5.91. The van der Waals surface area contributed by atoms with Gasteiger partial charge >= 0.3 is 6.03 Å². The topological polar surface area (TPSA) is 83.1 Å². The summed E-state index contributed by atoms with van der Waals surface area (Å²) in [5.74, 6) is 1.16. The lowest BCUT2D eigenvalue weighted by Gasteiger charge is -2.28. The Kier molecular flexibility index (Phi) is 7.14. The van der Waals surface area contributed by atoms with Crippen molar-refractivity contribution >= 4 is 11.7 Å². The predicted molar refractivity (Wildman–Crippen MR) is 92.9 cm³/mol. The second-order valence-corrected chi connectivity index (χ2v) is 5.92. The van der Waals surface area contributed by atoms with Gasteiger partial charge in [0, 0.05) is 19.2 Å². The largest absolute Gasteiger partial charge is 0.497 e. The highest BCUT2D eigenvalue weighted by atomic mass is 16.5. The van der Waals surface area contributed by atoms with Crippen LogP contribution in [0, 0.1) is 0 Å². The van der Waals surface area contributed by atoms with E-state index in [-0.39, 0.29) is 12.6 Å². The number of ether oxygens (including phenoxy) is 2. The first kappa shape index (κ1) is 18.4. The zero-order chi connectivity index (χ0) is 17.4. The zero-order valence-corrected chi connectivity index (χ0v) is 14.4. The second-order valence-electron chi connectivity index (χ2n) is 5.92. The van der Waals surface area contributed by atoms with Crippen molar-refractivity contribution in [2.24, 2.45) is 0 Å². The van der Waals surface area contributed by atoms with E-state index in [1.165, 1.54) is 26.4 Å². The first-order valence-electron chi connectivity index (χ1n) is 8.29. The molecule has 1 aromatic carbocycles. The highest BCUT2D eigenvalue weighted by Crippen LogP contribution is 2.28. The molecule has 24 heavy (non-hydrogen) atoms. The number of rotatable bonds is 7. The van der Waals surface area contributed by atoms with Gasteiger partial charge in [-0.2, -0.15) is 0 Å². The van der Waals surface area contributed by atoms with Gasteiger partial charge in [-0.25, -0.2) is 4.79 Å². The van der Waals surface area contributed by atoms with E-state index in [0.717, 1.165) is 13.1 Å². The molecule has 1 fully saturated rings. The third kappa shape index (κ3) is 5.58. The molecule has 1 saturated heterocycles. The van der Waals surface area contributed by atoms with Gasteiger partial charge in [0.25, 0.3) is 0 Å². The minimum absolute atomic E-state index is 0.203. The fraction of sp³-hybridized carbons (Fsp3) is 0.588. The highest BCUT2D eigenvalue weighted by Gasteiger charge is 2.15. The van der Waals surface area contributed by atoms with Crippen LogP contribution in [0.5, 0.6) is 11.5 Å². The summed E-state index contributed by atoms with van der Waals surface area (Å²) >= 11 is 0. The van der Waals surface area contributed by atoms with E-state index in [2.05, 4.69) is 15.5 Å². The maximum atomic E-state index is 12.0. The Morgan fingerprint density at radius 1 is 1.25 bits per heavy atom. The van der Waals surface area contributed by atoms with Crippen LogP contribution < -0.4 is 20.1 Å². The van der Waals surface area contributed by atoms with Crippen LogP contribution in [-0.2, 0) is 0 Å². The van der Waals surface area contributed by atoms with Crippen LogP contribution in [-0.4, -0.2) is 62.5 Å². The molecule has 0 bridgehead atoms. The van der Waals surface area contributed by atoms with Crippen molar-refractivity contribution in [2.45, 2.75) is 25.4 Å². The Labute approximate surface area is 142 Å². The number of aliphatic hydroxyl groups excluding tert-OH is 1. The number of urea groups is 1. The zero-order valence-electron chi connectivity index (χ0n) is 14.4. The number of likely N-dealkylation sites (tertiary alicyclic amines) is 1. The van der Waals surface area contributed by atoms with Crippen LogP contribution in [0.25, 0.3) is 0 Å². The Bertz CT molecular complexity index is 533. The molecule has 1 heterocycles. The van der Waals surface area contributed by atoms with E-state index in [4.69, 9.17) is 9.47 Å². The van der Waals surface area contributed by atoms with Gasteiger partial charge in [0.1, 0.15) is 11.5 Å². The lowest BCUT2D eigenvalue weighted by atomic mass is 10.1. The minimum Gasteiger partial charge on any atom is -0.497 e. The third-order valence-corrected chi connectivity index (χ3v) is 4.07. The Balaban J connectivity index is 1.80. The maximum Gasteiger partial charge on any atom is 0.319 e. The lowest BCUT2D eigenvalue weighted by molar-refractivity contribution is 0.102. The van der Waals surface area contributed by atoms with Crippen LogP contribution in [0.1, 0.15) is 19.3 Å². The molecule has 0 radical (unpaired) electrons. The molecule has 3 N–H and O–H groups in total. The SMILES string of the molecule is COc1ccc(OC)c(NC(=O)NC[C@@H](O)CN2CCCCC2)c1. The van der Waals surface area contributed by atoms with Crippen molar-refractivity contribution in [1.29, 1.82) is 0 Å². The number of nitrogens with zero attached hydrogens (tertiary/aromatic N) is 1. The number of aliphatic hydroxyl groups is 1. The average molecular weight is 337 g/mol. The fourth-order valence-corrected chi connectivity index (χ4v) is 2.79. The first-order valence-corrected chi connectivity index (χ1v) is 8.29. The Morgan fingerprint density at radius 2 is 2.00 bits per heavy atom. The molecule has 1 aliphatic rings. The van der Waals surface area contributed by atoms with Crippen molar-refractivity contribution < 1.29 is 19.4 Å². The Morgan fingerprint density at radius 3 is 2.67 bits per heavy atom. The number of β-amino-alcohol motifs (C(OH)–C–C–N with tert-alkyl or cyclic N) is 1. The van der Waals surface area contributed by atoms with Crippen molar-refractivity contribution in [3.05, 3.63) is 18.2 Å². The van der Waals surface area contributed by atoms with Crippen LogP contribution in [0.4, 0.5) is 10.5 Å². The normalized spacial score (nSPS) is 16.3. The first-order chi connectivity index (χ1) is 11.6. The molecule has 1 atom stereocenters. The summed E-state index contributed by atoms with van der Waals surface area (Å²) in [6.45, 7) is 2.83. The maximum absolute atomic E-state index is 12.0.